The minimum absolute atomic E-state index is 0.336. The van der Waals surface area contributed by atoms with Crippen LogP contribution in [0.15, 0.2) is 42.7 Å². The van der Waals surface area contributed by atoms with Crippen molar-refractivity contribution in [2.45, 2.75) is 6.18 Å². The van der Waals surface area contributed by atoms with Crippen molar-refractivity contribution < 1.29 is 18.0 Å². The highest BCUT2D eigenvalue weighted by molar-refractivity contribution is 5.85. The highest BCUT2D eigenvalue weighted by Gasteiger charge is 2.29. The van der Waals surface area contributed by atoms with Crippen LogP contribution in [0.25, 0.3) is 0 Å². The topological polar surface area (TPSA) is 42.0 Å². The predicted molar refractivity (Wildman–Crippen MR) is 64.4 cm³/mol. The highest BCUT2D eigenvalue weighted by Crippen LogP contribution is 2.30. The number of carbonyl (C=O) groups is 1. The zero-order valence-corrected chi connectivity index (χ0v) is 9.61. The molecule has 0 aliphatic rings. The summed E-state index contributed by atoms with van der Waals surface area (Å²) in [4.78, 5) is 14.6. The Morgan fingerprint density at radius 3 is 2.37 bits per heavy atom. The molecule has 6 heteroatoms. The molecule has 1 heterocycles. The van der Waals surface area contributed by atoms with Crippen molar-refractivity contribution in [3.05, 3.63) is 53.9 Å². The Hall–Kier alpha value is -2.37. The molecule has 1 aromatic carbocycles. The lowest BCUT2D eigenvalue weighted by atomic mass is 10.2. The normalized spacial score (nSPS) is 11.1. The average molecular weight is 266 g/mol. The maximum Gasteiger partial charge on any atom is 0.416 e. The van der Waals surface area contributed by atoms with Crippen molar-refractivity contribution in [1.82, 2.24) is 4.98 Å². The Labute approximate surface area is 107 Å². The maximum atomic E-state index is 12.4. The molecule has 0 saturated carbocycles. The van der Waals surface area contributed by atoms with Crippen LogP contribution >= 0.6 is 0 Å². The summed E-state index contributed by atoms with van der Waals surface area (Å²) in [6.07, 6.45) is -0.874. The summed E-state index contributed by atoms with van der Waals surface area (Å²) >= 11 is 0. The average Bonchev–Trinajstić information content (AvgIpc) is 2.39. The first kappa shape index (κ1) is 13.1. The Morgan fingerprint density at radius 2 is 1.79 bits per heavy atom. The summed E-state index contributed by atoms with van der Waals surface area (Å²) in [6, 6.07) is 6.13. The van der Waals surface area contributed by atoms with Crippen LogP contribution in [-0.4, -0.2) is 11.3 Å². The molecule has 0 fully saturated rings. The number of aldehydes is 1. The van der Waals surface area contributed by atoms with Crippen molar-refractivity contribution >= 4 is 17.7 Å². The second-order valence-electron chi connectivity index (χ2n) is 3.78. The maximum absolute atomic E-state index is 12.4. The van der Waals surface area contributed by atoms with Crippen molar-refractivity contribution in [3.63, 3.8) is 0 Å². The van der Waals surface area contributed by atoms with Crippen LogP contribution in [0.4, 0.5) is 24.5 Å². The van der Waals surface area contributed by atoms with E-state index in [2.05, 4.69) is 10.3 Å². The molecule has 0 amide bonds. The van der Waals surface area contributed by atoms with Crippen LogP contribution in [0.3, 0.4) is 0 Å². The number of hydrogen-bond donors (Lipinski definition) is 1. The SMILES string of the molecule is O=Cc1cnccc1Nc1ccc(C(F)(F)F)cc1. The number of nitrogens with one attached hydrogen (secondary N) is 1. The molecule has 3 nitrogen and oxygen atoms in total. The van der Waals surface area contributed by atoms with Gasteiger partial charge in [-0.2, -0.15) is 13.2 Å². The number of benzene rings is 1. The molecule has 98 valence electrons. The van der Waals surface area contributed by atoms with Gasteiger partial charge in [-0.25, -0.2) is 0 Å². The Bertz CT molecular complexity index is 579. The summed E-state index contributed by atoms with van der Waals surface area (Å²) in [6.45, 7) is 0. The van der Waals surface area contributed by atoms with E-state index in [9.17, 15) is 18.0 Å². The monoisotopic (exact) mass is 266 g/mol. The third-order valence-corrected chi connectivity index (χ3v) is 2.47. The fourth-order valence-electron chi connectivity index (χ4n) is 1.51. The van der Waals surface area contributed by atoms with E-state index < -0.39 is 11.7 Å². The largest absolute Gasteiger partial charge is 0.416 e. The van der Waals surface area contributed by atoms with E-state index in [1.165, 1.54) is 24.5 Å². The van der Waals surface area contributed by atoms with Gasteiger partial charge in [0.25, 0.3) is 0 Å². The summed E-state index contributed by atoms with van der Waals surface area (Å²) < 4.78 is 37.2. The highest BCUT2D eigenvalue weighted by atomic mass is 19.4. The second kappa shape index (κ2) is 5.09. The van der Waals surface area contributed by atoms with E-state index in [-0.39, 0.29) is 0 Å². The lowest BCUT2D eigenvalue weighted by Gasteiger charge is -2.10. The van der Waals surface area contributed by atoms with Crippen LogP contribution in [-0.2, 0) is 6.18 Å². The predicted octanol–water partition coefficient (Wildman–Crippen LogP) is 3.66. The molecule has 0 atom stereocenters. The first-order valence-corrected chi connectivity index (χ1v) is 5.34. The molecule has 0 aliphatic carbocycles. The molecule has 2 aromatic rings. The molecular formula is C13H9F3N2O. The smallest absolute Gasteiger partial charge is 0.355 e. The number of rotatable bonds is 3. The van der Waals surface area contributed by atoms with E-state index in [1.54, 1.807) is 6.07 Å². The van der Waals surface area contributed by atoms with Gasteiger partial charge in [-0.3, -0.25) is 9.78 Å². The van der Waals surface area contributed by atoms with E-state index in [4.69, 9.17) is 0 Å². The Balaban J connectivity index is 2.22. The van der Waals surface area contributed by atoms with E-state index in [0.29, 0.717) is 23.2 Å². The Kier molecular flexibility index (Phi) is 3.50. The number of anilines is 2. The van der Waals surface area contributed by atoms with E-state index >= 15 is 0 Å². The molecular weight excluding hydrogens is 257 g/mol. The molecule has 0 saturated heterocycles. The summed E-state index contributed by atoms with van der Waals surface area (Å²) in [5, 5.41) is 2.86. The fraction of sp³-hybridized carbons (Fsp3) is 0.0769. The fourth-order valence-corrected chi connectivity index (χ4v) is 1.51. The summed E-state index contributed by atoms with van der Waals surface area (Å²) in [7, 11) is 0. The number of halogens is 3. The van der Waals surface area contributed by atoms with Gasteiger partial charge >= 0.3 is 6.18 Å². The first-order valence-electron chi connectivity index (χ1n) is 5.34. The van der Waals surface area contributed by atoms with Gasteiger partial charge in [0.15, 0.2) is 6.29 Å². The molecule has 19 heavy (non-hydrogen) atoms. The number of aromatic nitrogens is 1. The van der Waals surface area contributed by atoms with Gasteiger partial charge in [-0.15, -0.1) is 0 Å². The zero-order chi connectivity index (χ0) is 13.9. The van der Waals surface area contributed by atoms with Gasteiger partial charge in [0.2, 0.25) is 0 Å². The lowest BCUT2D eigenvalue weighted by molar-refractivity contribution is -0.137. The minimum atomic E-state index is -4.36. The molecule has 1 N–H and O–H groups in total. The molecule has 0 radical (unpaired) electrons. The van der Waals surface area contributed by atoms with E-state index in [1.807, 2.05) is 0 Å². The van der Waals surface area contributed by atoms with Gasteiger partial charge in [0.05, 0.1) is 16.8 Å². The van der Waals surface area contributed by atoms with Crippen molar-refractivity contribution in [3.8, 4) is 0 Å². The van der Waals surface area contributed by atoms with Crippen LogP contribution in [0.2, 0.25) is 0 Å². The van der Waals surface area contributed by atoms with E-state index in [0.717, 1.165) is 12.1 Å². The van der Waals surface area contributed by atoms with Gasteiger partial charge in [0, 0.05) is 18.1 Å². The van der Waals surface area contributed by atoms with Crippen LogP contribution in [0.1, 0.15) is 15.9 Å². The van der Waals surface area contributed by atoms with Gasteiger partial charge in [-0.1, -0.05) is 0 Å². The summed E-state index contributed by atoms with van der Waals surface area (Å²) in [5.74, 6) is 0. The number of hydrogen-bond acceptors (Lipinski definition) is 3. The van der Waals surface area contributed by atoms with Crippen LogP contribution in [0, 0.1) is 0 Å². The lowest BCUT2D eigenvalue weighted by Crippen LogP contribution is -2.04. The zero-order valence-electron chi connectivity index (χ0n) is 9.61. The number of alkyl halides is 3. The van der Waals surface area contributed by atoms with Crippen LogP contribution < -0.4 is 5.32 Å². The molecule has 1 aromatic heterocycles. The van der Waals surface area contributed by atoms with Crippen molar-refractivity contribution in [1.29, 1.82) is 0 Å². The Morgan fingerprint density at radius 1 is 1.11 bits per heavy atom. The number of pyridine rings is 1. The van der Waals surface area contributed by atoms with Crippen molar-refractivity contribution in [2.24, 2.45) is 0 Å². The quantitative estimate of drug-likeness (QED) is 0.862. The third-order valence-electron chi connectivity index (χ3n) is 2.47. The molecule has 2 rings (SSSR count). The molecule has 0 unspecified atom stereocenters. The van der Waals surface area contributed by atoms with Gasteiger partial charge in [0.1, 0.15) is 0 Å². The van der Waals surface area contributed by atoms with Crippen LogP contribution in [0.5, 0.6) is 0 Å². The number of nitrogens with zero attached hydrogens (tertiary/aromatic N) is 1. The number of carbonyl (C=O) groups excluding carboxylic acids is 1. The summed E-state index contributed by atoms with van der Waals surface area (Å²) in [5.41, 5.74) is 0.567. The standard InChI is InChI=1S/C13H9F3N2O/c14-13(15,16)10-1-3-11(4-2-10)18-12-5-6-17-7-9(12)8-19/h1-8H,(H,17,18). The molecule has 0 bridgehead atoms. The first-order chi connectivity index (χ1) is 9.00. The molecule has 0 spiro atoms. The van der Waals surface area contributed by atoms with Gasteiger partial charge < -0.3 is 5.32 Å². The second-order valence-corrected chi connectivity index (χ2v) is 3.78. The third kappa shape index (κ3) is 3.09. The van der Waals surface area contributed by atoms with Crippen molar-refractivity contribution in [2.75, 3.05) is 5.32 Å². The minimum Gasteiger partial charge on any atom is -0.355 e. The van der Waals surface area contributed by atoms with Gasteiger partial charge in [-0.05, 0) is 30.3 Å². The molecule has 0 aliphatic heterocycles.